The molecule has 1 heterocycles. The molecule has 1 aromatic rings. The number of aliphatic carboxylic acids is 1. The molecule has 0 radical (unpaired) electrons. The molecule has 0 unspecified atom stereocenters. The Morgan fingerprint density at radius 3 is 1.83 bits per heavy atom. The largest absolute Gasteiger partial charge is 0.508 e. The first-order valence-corrected chi connectivity index (χ1v) is 19.1. The van der Waals surface area contributed by atoms with Crippen LogP contribution in [0, 0.1) is 5.92 Å². The first-order valence-electron chi connectivity index (χ1n) is 19.1. The number of primary amides is 2. The minimum Gasteiger partial charge on any atom is -0.508 e. The average molecular weight is 836 g/mol. The second-order valence-corrected chi connectivity index (χ2v) is 14.8. The molecule has 0 bridgehead atoms. The summed E-state index contributed by atoms with van der Waals surface area (Å²) >= 11 is 0. The third-order valence-corrected chi connectivity index (χ3v) is 9.37. The molecular weight excluding hydrogens is 778 g/mol. The second-order valence-electron chi connectivity index (χ2n) is 14.8. The van der Waals surface area contributed by atoms with E-state index in [1.54, 1.807) is 26.0 Å². The zero-order valence-electron chi connectivity index (χ0n) is 33.2. The Morgan fingerprint density at radius 2 is 1.31 bits per heavy atom. The monoisotopic (exact) mass is 835 g/mol. The van der Waals surface area contributed by atoms with Gasteiger partial charge in [0.15, 0.2) is 0 Å². The van der Waals surface area contributed by atoms with Crippen LogP contribution in [0.15, 0.2) is 24.3 Å². The van der Waals surface area contributed by atoms with Crippen LogP contribution in [0.3, 0.4) is 0 Å². The number of carboxylic acids is 1. The predicted octanol–water partition coefficient (Wildman–Crippen LogP) is -4.29. The molecule has 0 spiro atoms. The highest BCUT2D eigenvalue weighted by molar-refractivity contribution is 5.97. The van der Waals surface area contributed by atoms with E-state index in [1.165, 1.54) is 19.1 Å². The highest BCUT2D eigenvalue weighted by atomic mass is 16.4. The van der Waals surface area contributed by atoms with E-state index in [0.717, 1.165) is 4.90 Å². The molecule has 8 amide bonds. The van der Waals surface area contributed by atoms with Crippen molar-refractivity contribution in [3.8, 4) is 5.75 Å². The number of amides is 8. The number of phenolic OH excluding ortho intramolecular Hbond substituents is 1. The van der Waals surface area contributed by atoms with Gasteiger partial charge in [-0.3, -0.25) is 38.4 Å². The number of carbonyl (C=O) groups is 9. The Hall–Kier alpha value is -5.87. The van der Waals surface area contributed by atoms with E-state index in [-0.39, 0.29) is 56.7 Å². The second kappa shape index (κ2) is 23.5. The number of hydrogen-bond donors (Lipinski definition) is 12. The number of aliphatic hydroxyl groups is 2. The predicted molar refractivity (Wildman–Crippen MR) is 207 cm³/mol. The van der Waals surface area contributed by atoms with Gasteiger partial charge in [-0.2, -0.15) is 0 Å². The Labute approximate surface area is 340 Å². The zero-order valence-corrected chi connectivity index (χ0v) is 33.2. The van der Waals surface area contributed by atoms with Crippen LogP contribution in [0.4, 0.5) is 0 Å². The van der Waals surface area contributed by atoms with Gasteiger partial charge in [0.1, 0.15) is 42.0 Å². The number of nitrogens with zero attached hydrogens (tertiary/aromatic N) is 1. The molecule has 1 saturated heterocycles. The Morgan fingerprint density at radius 1 is 0.763 bits per heavy atom. The maximum absolute atomic E-state index is 14.0. The first-order chi connectivity index (χ1) is 27.6. The lowest BCUT2D eigenvalue weighted by molar-refractivity contribution is -0.144. The molecule has 1 fully saturated rings. The Balaban J connectivity index is 2.27. The maximum Gasteiger partial charge on any atom is 0.328 e. The van der Waals surface area contributed by atoms with Crippen LogP contribution >= 0.6 is 0 Å². The van der Waals surface area contributed by atoms with Gasteiger partial charge in [-0.1, -0.05) is 26.0 Å². The van der Waals surface area contributed by atoms with Gasteiger partial charge < -0.3 is 69.1 Å². The smallest absolute Gasteiger partial charge is 0.328 e. The van der Waals surface area contributed by atoms with Crippen LogP contribution in [0.1, 0.15) is 71.3 Å². The number of likely N-dealkylation sites (tertiary alicyclic amines) is 1. The van der Waals surface area contributed by atoms with Gasteiger partial charge in [-0.25, -0.2) is 4.79 Å². The number of carbonyl (C=O) groups excluding carboxylic acids is 8. The summed E-state index contributed by atoms with van der Waals surface area (Å²) in [6.45, 7) is 3.76. The molecule has 15 N–H and O–H groups in total. The number of rotatable bonds is 24. The number of phenols is 1. The van der Waals surface area contributed by atoms with E-state index in [1.807, 2.05) is 5.32 Å². The molecule has 1 aliphatic heterocycles. The van der Waals surface area contributed by atoms with Crippen molar-refractivity contribution in [2.75, 3.05) is 13.2 Å². The number of carboxylic acid groups (broad SMARTS) is 1. The van der Waals surface area contributed by atoms with Crippen LogP contribution in [0.25, 0.3) is 0 Å². The van der Waals surface area contributed by atoms with E-state index in [4.69, 9.17) is 17.2 Å². The van der Waals surface area contributed by atoms with Crippen molar-refractivity contribution in [1.29, 1.82) is 0 Å². The van der Waals surface area contributed by atoms with Gasteiger partial charge in [-0.15, -0.1) is 0 Å². The molecule has 0 saturated carbocycles. The minimum absolute atomic E-state index is 0.0222. The fourth-order valence-corrected chi connectivity index (χ4v) is 6.21. The standard InChI is InChI=1S/C37H57N9O13/c1-18(2)15-25(43-31(52)22(38)16-20-6-8-21(49)9-7-20)33(54)45-30(19(3)48)35(56)42-24(11-13-29(40)51)36(57)46-14-4-5-27(46)34(55)41-23(10-12-28(39)50)32(53)44-26(17-47)37(58)59/h6-9,18-19,22-27,30,47-49H,4-5,10-17,38H2,1-3H3,(H2,39,50)(H2,40,51)(H,41,55)(H,42,56)(H,43,52)(H,44,53)(H,45,54)(H,58,59)/t19-,22+,23+,24+,25+,26+,27+,30+/m1/s1. The number of aromatic hydroxyl groups is 1. The van der Waals surface area contributed by atoms with E-state index >= 15 is 0 Å². The summed E-state index contributed by atoms with van der Waals surface area (Å²) in [5.74, 6) is -8.76. The fourth-order valence-electron chi connectivity index (χ4n) is 6.21. The summed E-state index contributed by atoms with van der Waals surface area (Å²) in [7, 11) is 0. The van der Waals surface area contributed by atoms with Crippen molar-refractivity contribution in [3.63, 3.8) is 0 Å². The first kappa shape index (κ1) is 49.3. The lowest BCUT2D eigenvalue weighted by Crippen LogP contribution is -2.61. The topological polar surface area (TPSA) is 376 Å². The van der Waals surface area contributed by atoms with Crippen LogP contribution in [-0.2, 0) is 49.6 Å². The Bertz CT molecular complexity index is 1670. The number of benzene rings is 1. The fraction of sp³-hybridized carbons (Fsp3) is 0.595. The Kier molecular flexibility index (Phi) is 19.6. The van der Waals surface area contributed by atoms with Gasteiger partial charge in [0.05, 0.1) is 18.8 Å². The third-order valence-electron chi connectivity index (χ3n) is 9.37. The molecule has 22 heteroatoms. The summed E-state index contributed by atoms with van der Waals surface area (Å²) in [6, 6.07) is -4.01. The lowest BCUT2D eigenvalue weighted by atomic mass is 10.0. The molecular formula is C37H57N9O13. The third kappa shape index (κ3) is 16.1. The molecule has 0 aromatic heterocycles. The molecule has 8 atom stereocenters. The normalized spacial score (nSPS) is 17.3. The van der Waals surface area contributed by atoms with E-state index in [9.17, 15) is 63.6 Å². The van der Waals surface area contributed by atoms with E-state index < -0.39 is 121 Å². The van der Waals surface area contributed by atoms with Crippen LogP contribution < -0.4 is 43.8 Å². The molecule has 0 aliphatic carbocycles. The highest BCUT2D eigenvalue weighted by Gasteiger charge is 2.40. The van der Waals surface area contributed by atoms with Crippen molar-refractivity contribution in [3.05, 3.63) is 29.8 Å². The van der Waals surface area contributed by atoms with Gasteiger partial charge in [-0.05, 0) is 69.1 Å². The minimum atomic E-state index is -1.73. The number of aliphatic hydroxyl groups excluding tert-OH is 2. The molecule has 1 aromatic carbocycles. The summed E-state index contributed by atoms with van der Waals surface area (Å²) in [5.41, 5.74) is 17.3. The number of nitrogens with one attached hydrogen (secondary N) is 5. The summed E-state index contributed by atoms with van der Waals surface area (Å²) < 4.78 is 0. The van der Waals surface area contributed by atoms with E-state index in [0.29, 0.717) is 5.56 Å². The molecule has 328 valence electrons. The maximum atomic E-state index is 14.0. The average Bonchev–Trinajstić information content (AvgIpc) is 3.66. The molecule has 2 rings (SSSR count). The SMILES string of the molecule is CC(C)C[C@H](NC(=O)[C@@H](N)Cc1ccc(O)cc1)C(=O)N[C@H](C(=O)N[C@@H](CCC(N)=O)C(=O)N1CCC[C@H]1C(=O)N[C@@H](CCC(N)=O)C(=O)N[C@@H](CO)C(=O)O)[C@@H](C)O. The summed E-state index contributed by atoms with van der Waals surface area (Å²) in [5, 5.41) is 50.6. The number of hydrogen-bond acceptors (Lipinski definition) is 13. The van der Waals surface area contributed by atoms with Crippen molar-refractivity contribution < 1.29 is 63.6 Å². The van der Waals surface area contributed by atoms with Gasteiger partial charge in [0.25, 0.3) is 0 Å². The van der Waals surface area contributed by atoms with Crippen molar-refractivity contribution in [2.45, 2.75) is 121 Å². The quantitative estimate of drug-likeness (QED) is 0.0469. The van der Waals surface area contributed by atoms with Crippen molar-refractivity contribution in [1.82, 2.24) is 31.5 Å². The highest BCUT2D eigenvalue weighted by Crippen LogP contribution is 2.21. The van der Waals surface area contributed by atoms with Crippen LogP contribution in [-0.4, -0.2) is 140 Å². The number of nitrogens with two attached hydrogens (primary N) is 3. The van der Waals surface area contributed by atoms with Crippen LogP contribution in [0.2, 0.25) is 0 Å². The van der Waals surface area contributed by atoms with Gasteiger partial charge in [0.2, 0.25) is 47.3 Å². The van der Waals surface area contributed by atoms with Crippen LogP contribution in [0.5, 0.6) is 5.75 Å². The molecule has 59 heavy (non-hydrogen) atoms. The zero-order chi connectivity index (χ0) is 44.6. The van der Waals surface area contributed by atoms with Gasteiger partial charge in [0, 0.05) is 19.4 Å². The van der Waals surface area contributed by atoms with E-state index in [2.05, 4.69) is 21.3 Å². The van der Waals surface area contributed by atoms with Gasteiger partial charge >= 0.3 is 5.97 Å². The van der Waals surface area contributed by atoms with Crippen molar-refractivity contribution >= 4 is 53.2 Å². The van der Waals surface area contributed by atoms with Crippen molar-refractivity contribution in [2.24, 2.45) is 23.1 Å². The lowest BCUT2D eigenvalue weighted by Gasteiger charge is -2.31. The summed E-state index contributed by atoms with van der Waals surface area (Å²) in [4.78, 5) is 117. The molecule has 22 nitrogen and oxygen atoms in total. The summed E-state index contributed by atoms with van der Waals surface area (Å²) in [6.07, 6.45) is -2.57. The molecule has 1 aliphatic rings.